The van der Waals surface area contributed by atoms with Crippen LogP contribution in [0.5, 0.6) is 0 Å². The van der Waals surface area contributed by atoms with E-state index in [-0.39, 0.29) is 17.6 Å². The van der Waals surface area contributed by atoms with Crippen molar-refractivity contribution in [1.29, 1.82) is 0 Å². The lowest BCUT2D eigenvalue weighted by molar-refractivity contribution is 0.0926. The topological polar surface area (TPSA) is 83.7 Å². The highest BCUT2D eigenvalue weighted by Gasteiger charge is 2.27. The third-order valence-electron chi connectivity index (χ3n) is 4.34. The van der Waals surface area contributed by atoms with E-state index in [1.165, 1.54) is 0 Å². The molecule has 7 heteroatoms. The zero-order chi connectivity index (χ0) is 19.4. The highest BCUT2D eigenvalue weighted by atomic mass is 35.5. The summed E-state index contributed by atoms with van der Waals surface area (Å²) < 4.78 is 5.78. The van der Waals surface area contributed by atoms with Crippen molar-refractivity contribution >= 4 is 29.1 Å². The van der Waals surface area contributed by atoms with E-state index < -0.39 is 0 Å². The number of nitrogens with one attached hydrogen (secondary N) is 2. The number of benzene rings is 1. The molecule has 1 aliphatic rings. The maximum atomic E-state index is 12.3. The van der Waals surface area contributed by atoms with Crippen LogP contribution in [0.2, 0.25) is 5.02 Å². The van der Waals surface area contributed by atoms with Gasteiger partial charge in [-0.2, -0.15) is 5.10 Å². The number of hydrogen-bond donors (Lipinski definition) is 2. The molecule has 1 aromatic carbocycles. The van der Waals surface area contributed by atoms with Crippen LogP contribution in [-0.4, -0.2) is 24.1 Å². The highest BCUT2D eigenvalue weighted by molar-refractivity contribution is 6.30. The first-order valence-electron chi connectivity index (χ1n) is 8.65. The average Bonchev–Trinajstić information content (AvgIpc) is 3.02. The fourth-order valence-corrected chi connectivity index (χ4v) is 3.15. The SMILES string of the molecule is C=CCNC(=O)c1oc2c(c1C)/C(=N/NC(=O)c1ccc(Cl)cc1)CCC2. The molecule has 1 aliphatic carbocycles. The van der Waals surface area contributed by atoms with Gasteiger partial charge in [0.25, 0.3) is 11.8 Å². The van der Waals surface area contributed by atoms with Gasteiger partial charge >= 0.3 is 0 Å². The van der Waals surface area contributed by atoms with E-state index in [2.05, 4.69) is 22.4 Å². The van der Waals surface area contributed by atoms with Crippen LogP contribution < -0.4 is 10.7 Å². The maximum absolute atomic E-state index is 12.3. The predicted octanol–water partition coefficient (Wildman–Crippen LogP) is 3.63. The molecule has 0 spiro atoms. The molecule has 0 atom stereocenters. The van der Waals surface area contributed by atoms with Crippen LogP contribution in [0.25, 0.3) is 0 Å². The Kier molecular flexibility index (Phi) is 5.76. The molecule has 0 unspecified atom stereocenters. The van der Waals surface area contributed by atoms with Crippen molar-refractivity contribution in [2.24, 2.45) is 5.10 Å². The highest BCUT2D eigenvalue weighted by Crippen LogP contribution is 2.29. The number of hydrazone groups is 1. The first-order chi connectivity index (χ1) is 13.0. The van der Waals surface area contributed by atoms with Crippen LogP contribution in [0.1, 0.15) is 50.6 Å². The Morgan fingerprint density at radius 2 is 2.00 bits per heavy atom. The van der Waals surface area contributed by atoms with Gasteiger partial charge in [-0.1, -0.05) is 17.7 Å². The van der Waals surface area contributed by atoms with Gasteiger partial charge < -0.3 is 9.73 Å². The quantitative estimate of drug-likeness (QED) is 0.609. The number of aryl methyl sites for hydroxylation is 1. The lowest BCUT2D eigenvalue weighted by Gasteiger charge is -2.13. The second-order valence-corrected chi connectivity index (χ2v) is 6.65. The largest absolute Gasteiger partial charge is 0.455 e. The monoisotopic (exact) mass is 385 g/mol. The van der Waals surface area contributed by atoms with Crippen molar-refractivity contribution < 1.29 is 14.0 Å². The number of hydrogen-bond acceptors (Lipinski definition) is 4. The molecule has 0 fully saturated rings. The molecule has 0 saturated carbocycles. The van der Waals surface area contributed by atoms with Crippen LogP contribution in [-0.2, 0) is 6.42 Å². The molecular weight excluding hydrogens is 366 g/mol. The number of halogens is 1. The minimum Gasteiger partial charge on any atom is -0.455 e. The van der Waals surface area contributed by atoms with E-state index in [0.29, 0.717) is 29.3 Å². The summed E-state index contributed by atoms with van der Waals surface area (Å²) in [6.07, 6.45) is 3.87. The molecule has 0 saturated heterocycles. The first-order valence-corrected chi connectivity index (χ1v) is 9.03. The number of fused-ring (bicyclic) bond motifs is 1. The maximum Gasteiger partial charge on any atom is 0.287 e. The van der Waals surface area contributed by atoms with Crippen LogP contribution in [0.4, 0.5) is 0 Å². The normalized spacial score (nSPS) is 14.5. The smallest absolute Gasteiger partial charge is 0.287 e. The van der Waals surface area contributed by atoms with Gasteiger partial charge in [-0.15, -0.1) is 6.58 Å². The molecule has 140 valence electrons. The molecule has 3 rings (SSSR count). The Labute approximate surface area is 162 Å². The molecular formula is C20H20ClN3O3. The molecule has 6 nitrogen and oxygen atoms in total. The van der Waals surface area contributed by atoms with E-state index in [1.807, 2.05) is 6.92 Å². The fourth-order valence-electron chi connectivity index (χ4n) is 3.03. The summed E-state index contributed by atoms with van der Waals surface area (Å²) in [7, 11) is 0. The predicted molar refractivity (Wildman–Crippen MR) is 104 cm³/mol. The standard InChI is InChI=1S/C20H20ClN3O3/c1-3-11-22-20(26)18-12(2)17-15(5-4-6-16(17)27-18)23-24-19(25)13-7-9-14(21)10-8-13/h3,7-10H,1,4-6,11H2,2H3,(H,22,26)(H,24,25)/b23-15+. The Morgan fingerprint density at radius 3 is 2.70 bits per heavy atom. The van der Waals surface area contributed by atoms with Crippen LogP contribution in [0.15, 0.2) is 46.4 Å². The van der Waals surface area contributed by atoms with Gasteiger partial charge in [-0.05, 0) is 44.0 Å². The van der Waals surface area contributed by atoms with Crippen molar-refractivity contribution in [2.45, 2.75) is 26.2 Å². The van der Waals surface area contributed by atoms with Crippen molar-refractivity contribution in [3.63, 3.8) is 0 Å². The Morgan fingerprint density at radius 1 is 1.26 bits per heavy atom. The van der Waals surface area contributed by atoms with Gasteiger partial charge in [-0.25, -0.2) is 5.43 Å². The molecule has 0 radical (unpaired) electrons. The number of nitrogens with zero attached hydrogens (tertiary/aromatic N) is 1. The lowest BCUT2D eigenvalue weighted by atomic mass is 9.93. The van der Waals surface area contributed by atoms with Crippen molar-refractivity contribution in [3.8, 4) is 0 Å². The first kappa shape index (κ1) is 18.9. The van der Waals surface area contributed by atoms with Gasteiger partial charge in [-0.3, -0.25) is 9.59 Å². The lowest BCUT2D eigenvalue weighted by Crippen LogP contribution is -2.24. The zero-order valence-electron chi connectivity index (χ0n) is 15.0. The number of amides is 2. The molecule has 2 amide bonds. The number of carbonyl (C=O) groups is 2. The van der Waals surface area contributed by atoms with Crippen molar-refractivity contribution in [1.82, 2.24) is 10.7 Å². The summed E-state index contributed by atoms with van der Waals surface area (Å²) in [6.45, 7) is 5.77. The van der Waals surface area contributed by atoms with Gasteiger partial charge in [0.1, 0.15) is 5.76 Å². The molecule has 0 aliphatic heterocycles. The molecule has 0 bridgehead atoms. The van der Waals surface area contributed by atoms with Crippen molar-refractivity contribution in [2.75, 3.05) is 6.54 Å². The third kappa shape index (κ3) is 4.11. The summed E-state index contributed by atoms with van der Waals surface area (Å²) in [4.78, 5) is 24.5. The van der Waals surface area contributed by atoms with E-state index >= 15 is 0 Å². The third-order valence-corrected chi connectivity index (χ3v) is 4.59. The fraction of sp³-hybridized carbons (Fsp3) is 0.250. The summed E-state index contributed by atoms with van der Waals surface area (Å²) in [5.74, 6) is 0.394. The molecule has 2 N–H and O–H groups in total. The summed E-state index contributed by atoms with van der Waals surface area (Å²) in [5.41, 5.74) is 5.29. The van der Waals surface area contributed by atoms with Gasteiger partial charge in [0.2, 0.25) is 0 Å². The second kappa shape index (κ2) is 8.22. The summed E-state index contributed by atoms with van der Waals surface area (Å²) in [5, 5.41) is 7.57. The molecule has 1 heterocycles. The van der Waals surface area contributed by atoms with E-state index in [0.717, 1.165) is 29.7 Å². The molecule has 1 aromatic heterocycles. The Hall–Kier alpha value is -2.86. The van der Waals surface area contributed by atoms with Crippen LogP contribution >= 0.6 is 11.6 Å². The summed E-state index contributed by atoms with van der Waals surface area (Å²) in [6, 6.07) is 6.57. The zero-order valence-corrected chi connectivity index (χ0v) is 15.7. The average molecular weight is 386 g/mol. The summed E-state index contributed by atoms with van der Waals surface area (Å²) >= 11 is 5.84. The van der Waals surface area contributed by atoms with E-state index in [4.69, 9.17) is 16.0 Å². The Balaban J connectivity index is 1.83. The van der Waals surface area contributed by atoms with Crippen LogP contribution in [0.3, 0.4) is 0 Å². The van der Waals surface area contributed by atoms with Crippen LogP contribution in [0, 0.1) is 6.92 Å². The molecule has 2 aromatic rings. The van der Waals surface area contributed by atoms with Crippen molar-refractivity contribution in [3.05, 3.63) is 70.2 Å². The second-order valence-electron chi connectivity index (χ2n) is 6.21. The van der Waals surface area contributed by atoms with Gasteiger partial charge in [0.05, 0.1) is 5.71 Å². The molecule has 27 heavy (non-hydrogen) atoms. The minimum atomic E-state index is -0.323. The number of carbonyl (C=O) groups excluding carboxylic acids is 2. The Bertz CT molecular complexity index is 913. The van der Waals surface area contributed by atoms with E-state index in [1.54, 1.807) is 30.3 Å². The van der Waals surface area contributed by atoms with E-state index in [9.17, 15) is 9.59 Å². The van der Waals surface area contributed by atoms with Gasteiger partial charge in [0.15, 0.2) is 5.76 Å². The minimum absolute atomic E-state index is 0.278. The van der Waals surface area contributed by atoms with Gasteiger partial charge in [0, 0.05) is 34.7 Å². The number of furan rings is 1. The number of rotatable bonds is 5.